The fraction of sp³-hybridized carbons (Fsp3) is 0.412. The highest BCUT2D eigenvalue weighted by Gasteiger charge is 2.22. The van der Waals surface area contributed by atoms with Gasteiger partial charge in [0, 0.05) is 31.2 Å². The first-order chi connectivity index (χ1) is 10.3. The van der Waals surface area contributed by atoms with Crippen LogP contribution in [-0.2, 0) is 11.2 Å². The average Bonchev–Trinajstić information content (AvgIpc) is 3.03. The van der Waals surface area contributed by atoms with Gasteiger partial charge in [0.25, 0.3) is 0 Å². The van der Waals surface area contributed by atoms with E-state index < -0.39 is 0 Å². The lowest BCUT2D eigenvalue weighted by molar-refractivity contribution is 0.183. The van der Waals surface area contributed by atoms with E-state index in [9.17, 15) is 0 Å². The molecule has 21 heavy (non-hydrogen) atoms. The molecule has 3 rings (SSSR count). The summed E-state index contributed by atoms with van der Waals surface area (Å²) < 4.78 is 5.45. The summed E-state index contributed by atoms with van der Waals surface area (Å²) in [6, 6.07) is 12.6. The molecule has 0 amide bonds. The molecule has 0 saturated carbocycles. The van der Waals surface area contributed by atoms with E-state index in [0.717, 1.165) is 37.7 Å². The van der Waals surface area contributed by atoms with Crippen molar-refractivity contribution >= 4 is 5.82 Å². The molecule has 2 aromatic rings. The van der Waals surface area contributed by atoms with Gasteiger partial charge in [0.05, 0.1) is 6.61 Å². The fourth-order valence-electron chi connectivity index (χ4n) is 2.64. The third-order valence-corrected chi connectivity index (χ3v) is 3.96. The quantitative estimate of drug-likeness (QED) is 0.916. The van der Waals surface area contributed by atoms with Gasteiger partial charge in [0.1, 0.15) is 11.6 Å². The normalized spacial score (nSPS) is 19.4. The van der Waals surface area contributed by atoms with Crippen molar-refractivity contribution in [2.45, 2.75) is 25.8 Å². The summed E-state index contributed by atoms with van der Waals surface area (Å²) in [6.07, 6.45) is 3.71. The average molecular weight is 283 g/mol. The Hall–Kier alpha value is -1.94. The van der Waals surface area contributed by atoms with Crippen LogP contribution in [0.5, 0.6) is 0 Å². The lowest BCUT2D eigenvalue weighted by Gasteiger charge is -2.19. The summed E-state index contributed by atoms with van der Waals surface area (Å²) in [5.74, 6) is 2.31. The van der Waals surface area contributed by atoms with Crippen LogP contribution in [0.15, 0.2) is 42.6 Å². The zero-order chi connectivity index (χ0) is 14.5. The highest BCUT2D eigenvalue weighted by Crippen LogP contribution is 2.19. The molecular weight excluding hydrogens is 262 g/mol. The number of aromatic nitrogens is 2. The molecule has 0 bridgehead atoms. The van der Waals surface area contributed by atoms with Crippen molar-refractivity contribution < 1.29 is 4.74 Å². The number of anilines is 1. The second kappa shape index (κ2) is 6.68. The standard InChI is InChI=1S/C17H21N3O/c1-13(15-8-10-21-12-15)19-16-7-9-18-17(20-16)11-14-5-3-2-4-6-14/h2-7,9,13,15H,8,10-12H2,1H3,(H,18,19,20)/t13-,15-/m1/s1. The van der Waals surface area contributed by atoms with Crippen LogP contribution in [0.3, 0.4) is 0 Å². The number of nitrogens with zero attached hydrogens (tertiary/aromatic N) is 2. The Bertz CT molecular complexity index is 567. The molecule has 0 spiro atoms. The predicted molar refractivity (Wildman–Crippen MR) is 83.3 cm³/mol. The van der Waals surface area contributed by atoms with E-state index in [0.29, 0.717) is 12.0 Å². The van der Waals surface area contributed by atoms with E-state index in [1.165, 1.54) is 5.56 Å². The molecule has 0 radical (unpaired) electrons. The Balaban J connectivity index is 1.65. The fourth-order valence-corrected chi connectivity index (χ4v) is 2.64. The number of benzene rings is 1. The van der Waals surface area contributed by atoms with Gasteiger partial charge in [0.15, 0.2) is 0 Å². The first kappa shape index (κ1) is 14.0. The molecule has 1 aromatic heterocycles. The van der Waals surface area contributed by atoms with E-state index in [1.54, 1.807) is 0 Å². The van der Waals surface area contributed by atoms with Gasteiger partial charge < -0.3 is 10.1 Å². The molecule has 0 aliphatic carbocycles. The monoisotopic (exact) mass is 283 g/mol. The molecule has 0 unspecified atom stereocenters. The zero-order valence-electron chi connectivity index (χ0n) is 12.3. The van der Waals surface area contributed by atoms with Crippen LogP contribution in [-0.4, -0.2) is 29.2 Å². The minimum atomic E-state index is 0.368. The van der Waals surface area contributed by atoms with Gasteiger partial charge in [-0.2, -0.15) is 0 Å². The van der Waals surface area contributed by atoms with E-state index in [4.69, 9.17) is 4.74 Å². The van der Waals surface area contributed by atoms with Gasteiger partial charge in [-0.25, -0.2) is 9.97 Å². The van der Waals surface area contributed by atoms with E-state index >= 15 is 0 Å². The van der Waals surface area contributed by atoms with Crippen LogP contribution < -0.4 is 5.32 Å². The molecule has 1 aliphatic rings. The second-order valence-electron chi connectivity index (χ2n) is 5.58. The number of hydrogen-bond donors (Lipinski definition) is 1. The molecule has 2 atom stereocenters. The maximum Gasteiger partial charge on any atom is 0.135 e. The van der Waals surface area contributed by atoms with Crippen LogP contribution in [0, 0.1) is 5.92 Å². The summed E-state index contributed by atoms with van der Waals surface area (Å²) in [5.41, 5.74) is 1.23. The maximum atomic E-state index is 5.45. The van der Waals surface area contributed by atoms with Crippen LogP contribution in [0.2, 0.25) is 0 Å². The molecule has 110 valence electrons. The maximum absolute atomic E-state index is 5.45. The number of rotatable bonds is 5. The third kappa shape index (κ3) is 3.79. The molecule has 1 saturated heterocycles. The van der Waals surface area contributed by atoms with Crippen molar-refractivity contribution in [2.75, 3.05) is 18.5 Å². The highest BCUT2D eigenvalue weighted by molar-refractivity contribution is 5.35. The van der Waals surface area contributed by atoms with E-state index in [-0.39, 0.29) is 0 Å². The second-order valence-corrected chi connectivity index (χ2v) is 5.58. The summed E-state index contributed by atoms with van der Waals surface area (Å²) in [7, 11) is 0. The molecular formula is C17H21N3O. The Kier molecular flexibility index (Phi) is 4.46. The minimum Gasteiger partial charge on any atom is -0.381 e. The van der Waals surface area contributed by atoms with Gasteiger partial charge in [-0.05, 0) is 25.0 Å². The van der Waals surface area contributed by atoms with Gasteiger partial charge in [0.2, 0.25) is 0 Å². The van der Waals surface area contributed by atoms with Crippen molar-refractivity contribution in [3.05, 3.63) is 54.0 Å². The first-order valence-electron chi connectivity index (χ1n) is 7.51. The largest absolute Gasteiger partial charge is 0.381 e. The highest BCUT2D eigenvalue weighted by atomic mass is 16.5. The third-order valence-electron chi connectivity index (χ3n) is 3.96. The predicted octanol–water partition coefficient (Wildman–Crippen LogP) is 2.90. The Labute approximate surface area is 125 Å². The molecule has 1 aromatic carbocycles. The number of ether oxygens (including phenoxy) is 1. The number of hydrogen-bond acceptors (Lipinski definition) is 4. The van der Waals surface area contributed by atoms with Crippen molar-refractivity contribution in [3.63, 3.8) is 0 Å². The van der Waals surface area contributed by atoms with Crippen LogP contribution >= 0.6 is 0 Å². The lowest BCUT2D eigenvalue weighted by Crippen LogP contribution is -2.26. The Morgan fingerprint density at radius 3 is 2.90 bits per heavy atom. The summed E-state index contributed by atoms with van der Waals surface area (Å²) in [4.78, 5) is 8.98. The molecule has 4 heteroatoms. The van der Waals surface area contributed by atoms with Gasteiger partial charge in [-0.1, -0.05) is 30.3 Å². The topological polar surface area (TPSA) is 47.0 Å². The SMILES string of the molecule is C[C@@H](Nc1ccnc(Cc2ccccc2)n1)[C@@H]1CCOC1. The lowest BCUT2D eigenvalue weighted by atomic mass is 10.0. The van der Waals surface area contributed by atoms with Crippen molar-refractivity contribution in [3.8, 4) is 0 Å². The summed E-state index contributed by atoms with van der Waals surface area (Å²) in [5, 5.41) is 3.48. The van der Waals surface area contributed by atoms with Gasteiger partial charge in [-0.15, -0.1) is 0 Å². The van der Waals surface area contributed by atoms with Crippen molar-refractivity contribution in [1.82, 2.24) is 9.97 Å². The van der Waals surface area contributed by atoms with E-state index in [1.807, 2.05) is 30.5 Å². The zero-order valence-corrected chi connectivity index (χ0v) is 12.3. The minimum absolute atomic E-state index is 0.368. The first-order valence-corrected chi connectivity index (χ1v) is 7.51. The summed E-state index contributed by atoms with van der Waals surface area (Å²) in [6.45, 7) is 3.91. The Morgan fingerprint density at radius 2 is 2.14 bits per heavy atom. The molecule has 1 N–H and O–H groups in total. The van der Waals surface area contributed by atoms with Crippen molar-refractivity contribution in [1.29, 1.82) is 0 Å². The van der Waals surface area contributed by atoms with Crippen LogP contribution in [0.1, 0.15) is 24.7 Å². The van der Waals surface area contributed by atoms with E-state index in [2.05, 4.69) is 34.3 Å². The van der Waals surface area contributed by atoms with Crippen LogP contribution in [0.25, 0.3) is 0 Å². The summed E-state index contributed by atoms with van der Waals surface area (Å²) >= 11 is 0. The smallest absolute Gasteiger partial charge is 0.135 e. The van der Waals surface area contributed by atoms with Crippen molar-refractivity contribution in [2.24, 2.45) is 5.92 Å². The van der Waals surface area contributed by atoms with Gasteiger partial charge in [-0.3, -0.25) is 0 Å². The molecule has 1 aliphatic heterocycles. The van der Waals surface area contributed by atoms with Gasteiger partial charge >= 0.3 is 0 Å². The van der Waals surface area contributed by atoms with Crippen LogP contribution in [0.4, 0.5) is 5.82 Å². The number of nitrogens with one attached hydrogen (secondary N) is 1. The Morgan fingerprint density at radius 1 is 1.29 bits per heavy atom. The molecule has 4 nitrogen and oxygen atoms in total. The molecule has 1 fully saturated rings. The molecule has 2 heterocycles.